The highest BCUT2D eigenvalue weighted by atomic mass is 32.2. The number of halogens is 3. The largest absolute Gasteiger partial charge is 0.598 e. The minimum absolute atomic E-state index is 0.109. The Hall–Kier alpha value is -2.05. The molecule has 0 saturated carbocycles. The minimum atomic E-state index is -4.37. The molecule has 35 heavy (non-hydrogen) atoms. The van der Waals surface area contributed by atoms with E-state index < -0.39 is 23.1 Å². The van der Waals surface area contributed by atoms with Gasteiger partial charge in [-0.2, -0.15) is 13.2 Å². The van der Waals surface area contributed by atoms with Crippen molar-refractivity contribution in [2.24, 2.45) is 5.92 Å². The van der Waals surface area contributed by atoms with Gasteiger partial charge in [0.1, 0.15) is 12.0 Å². The Morgan fingerprint density at radius 1 is 1.11 bits per heavy atom. The second-order valence-corrected chi connectivity index (χ2v) is 11.1. The second kappa shape index (κ2) is 10.1. The van der Waals surface area contributed by atoms with Crippen LogP contribution < -0.4 is 10.2 Å². The predicted octanol–water partition coefficient (Wildman–Crippen LogP) is 3.33. The number of alkyl halides is 3. The van der Waals surface area contributed by atoms with Gasteiger partial charge in [0.25, 0.3) is 0 Å². The van der Waals surface area contributed by atoms with Crippen molar-refractivity contribution in [3.8, 4) is 5.75 Å². The number of fused-ring (bicyclic) bond motifs is 1. The van der Waals surface area contributed by atoms with Gasteiger partial charge in [-0.05, 0) is 42.0 Å². The predicted molar refractivity (Wildman–Crippen MR) is 122 cm³/mol. The van der Waals surface area contributed by atoms with Crippen molar-refractivity contribution >= 4 is 11.4 Å². The summed E-state index contributed by atoms with van der Waals surface area (Å²) < 4.78 is 69.8. The Morgan fingerprint density at radius 2 is 1.86 bits per heavy atom. The summed E-state index contributed by atoms with van der Waals surface area (Å²) in [6.07, 6.45) is -1.38. The lowest BCUT2D eigenvalue weighted by molar-refractivity contribution is -0.137. The van der Waals surface area contributed by atoms with Crippen LogP contribution in [0.1, 0.15) is 35.3 Å². The van der Waals surface area contributed by atoms with Crippen LogP contribution in [0.15, 0.2) is 39.7 Å². The van der Waals surface area contributed by atoms with E-state index in [-0.39, 0.29) is 22.3 Å². The molecule has 2 fully saturated rings. The van der Waals surface area contributed by atoms with Gasteiger partial charge in [-0.3, -0.25) is 9.69 Å². The molecule has 5 rings (SSSR count). The molecule has 2 saturated heterocycles. The van der Waals surface area contributed by atoms with Gasteiger partial charge in [-0.25, -0.2) is 0 Å². The smallest absolute Gasteiger partial charge is 0.416 e. The highest BCUT2D eigenvalue weighted by Crippen LogP contribution is 2.33. The molecule has 2 aromatic rings. The molecule has 3 aliphatic rings. The minimum Gasteiger partial charge on any atom is -0.598 e. The number of hydrogen-bond donors (Lipinski definition) is 0. The third-order valence-electron chi connectivity index (χ3n) is 6.75. The molecule has 3 aliphatic heterocycles. The molecule has 190 valence electrons. The maximum absolute atomic E-state index is 13.0. The lowest BCUT2D eigenvalue weighted by Gasteiger charge is -2.37. The molecular weight excluding hydrogens is 485 g/mol. The van der Waals surface area contributed by atoms with Crippen LogP contribution in [0.5, 0.6) is 5.75 Å². The maximum Gasteiger partial charge on any atom is 0.416 e. The molecule has 1 atom stereocenters. The van der Waals surface area contributed by atoms with Crippen LogP contribution in [0.3, 0.4) is 0 Å². The Morgan fingerprint density at radius 3 is 2.51 bits per heavy atom. The molecule has 11 heteroatoms. The van der Waals surface area contributed by atoms with Gasteiger partial charge in [0.2, 0.25) is 11.2 Å². The molecule has 1 aromatic heterocycles. The fourth-order valence-electron chi connectivity index (χ4n) is 4.61. The highest BCUT2D eigenvalue weighted by Gasteiger charge is 2.38. The summed E-state index contributed by atoms with van der Waals surface area (Å²) in [5, 5.41) is 0.109. The summed E-state index contributed by atoms with van der Waals surface area (Å²) in [5.74, 6) is 0.845. The highest BCUT2D eigenvalue weighted by molar-refractivity contribution is 7.89. The van der Waals surface area contributed by atoms with Gasteiger partial charge in [0.05, 0.1) is 31.9 Å². The average Bonchev–Trinajstić information content (AvgIpc) is 3.18. The quantitative estimate of drug-likeness (QED) is 0.527. The first-order chi connectivity index (χ1) is 16.8. The summed E-state index contributed by atoms with van der Waals surface area (Å²) in [6.45, 7) is 4.13. The summed E-state index contributed by atoms with van der Waals surface area (Å²) in [6, 6.07) is 5.18. The number of rotatable bonds is 7. The van der Waals surface area contributed by atoms with Crippen LogP contribution in [0, 0.1) is 5.92 Å². The fourth-order valence-corrected chi connectivity index (χ4v) is 6.02. The molecule has 0 bridgehead atoms. The number of nitrogens with zero attached hydrogens (tertiary/aromatic N) is 2. The fraction of sp³-hybridized carbons (Fsp3) is 0.542. The van der Waals surface area contributed by atoms with E-state index in [1.165, 1.54) is 24.5 Å². The van der Waals surface area contributed by atoms with E-state index in [0.717, 1.165) is 37.6 Å². The van der Waals surface area contributed by atoms with Crippen molar-refractivity contribution in [3.63, 3.8) is 0 Å². The number of benzene rings is 1. The van der Waals surface area contributed by atoms with Crippen LogP contribution >= 0.6 is 0 Å². The molecule has 0 aliphatic carbocycles. The Bertz CT molecular complexity index is 1100. The van der Waals surface area contributed by atoms with Crippen LogP contribution in [0.25, 0.3) is 0 Å². The van der Waals surface area contributed by atoms with Crippen molar-refractivity contribution in [1.82, 2.24) is 9.21 Å². The molecule has 1 aromatic carbocycles. The Balaban J connectivity index is 1.10. The van der Waals surface area contributed by atoms with Gasteiger partial charge in [0.15, 0.2) is 5.25 Å². The van der Waals surface area contributed by atoms with Crippen molar-refractivity contribution in [1.29, 1.82) is 0 Å². The number of ether oxygens (including phenoxy) is 2. The lowest BCUT2D eigenvalue weighted by Crippen LogP contribution is -2.51. The van der Waals surface area contributed by atoms with E-state index in [0.29, 0.717) is 50.8 Å². The zero-order valence-electron chi connectivity index (χ0n) is 19.1. The molecule has 1 unspecified atom stereocenters. The summed E-state index contributed by atoms with van der Waals surface area (Å²) in [7, 11) is 0. The topological polar surface area (TPSA) is 78.2 Å². The zero-order chi connectivity index (χ0) is 24.6. The molecule has 0 amide bonds. The van der Waals surface area contributed by atoms with Gasteiger partial charge < -0.3 is 18.4 Å². The normalized spacial score (nSPS) is 21.0. The van der Waals surface area contributed by atoms with E-state index in [9.17, 15) is 22.5 Å². The summed E-state index contributed by atoms with van der Waals surface area (Å²) >= 11 is -0.998. The average molecular weight is 513 g/mol. The third-order valence-corrected chi connectivity index (χ3v) is 8.46. The van der Waals surface area contributed by atoms with E-state index in [4.69, 9.17) is 13.9 Å². The first kappa shape index (κ1) is 24.6. The molecule has 7 nitrogen and oxygen atoms in total. The van der Waals surface area contributed by atoms with E-state index in [1.807, 2.05) is 9.21 Å². The van der Waals surface area contributed by atoms with Crippen molar-refractivity contribution in [2.75, 3.05) is 32.9 Å². The second-order valence-electron chi connectivity index (χ2n) is 9.32. The first-order valence-electron chi connectivity index (χ1n) is 11.7. The van der Waals surface area contributed by atoms with Crippen LogP contribution in [0.4, 0.5) is 13.2 Å². The van der Waals surface area contributed by atoms with Gasteiger partial charge in [-0.1, -0.05) is 6.07 Å². The van der Waals surface area contributed by atoms with E-state index in [2.05, 4.69) is 0 Å². The Labute approximate surface area is 204 Å². The monoisotopic (exact) mass is 512 g/mol. The molecule has 0 radical (unpaired) electrons. The molecule has 0 spiro atoms. The van der Waals surface area contributed by atoms with Crippen LogP contribution in [-0.4, -0.2) is 51.9 Å². The standard InChI is InChI=1S/C24H27F3N2O5S/c25-24(26,27)19-2-1-17-9-28(10-18(17)7-19)11-20-8-22(30)23(15-33-20)34-12-16-3-5-29(6-4-16)35(31)21-13-32-14-21/h1-2,7-8,15-16,21H,3-6,9-14H2. The number of piperidine rings is 1. The van der Waals surface area contributed by atoms with Crippen LogP contribution in [-0.2, 0) is 41.9 Å². The molecule has 0 N–H and O–H groups in total. The summed E-state index contributed by atoms with van der Waals surface area (Å²) in [5.41, 5.74) is 0.540. The maximum atomic E-state index is 13.0. The SMILES string of the molecule is O=c1cc(CN2Cc3ccc(C(F)(F)F)cc3C2)occ1OCC1CCN([S+]([O-])C2COC2)CC1. The lowest BCUT2D eigenvalue weighted by atomic mass is 9.99. The van der Waals surface area contributed by atoms with Gasteiger partial charge in [0, 0.05) is 43.6 Å². The Kier molecular flexibility index (Phi) is 7.13. The van der Waals surface area contributed by atoms with Crippen LogP contribution in [0.2, 0.25) is 0 Å². The van der Waals surface area contributed by atoms with Gasteiger partial charge in [-0.15, -0.1) is 4.31 Å². The summed E-state index contributed by atoms with van der Waals surface area (Å²) in [4.78, 5) is 14.5. The van der Waals surface area contributed by atoms with E-state index >= 15 is 0 Å². The van der Waals surface area contributed by atoms with Crippen molar-refractivity contribution in [3.05, 3.63) is 63.2 Å². The third kappa shape index (κ3) is 5.69. The number of hydrogen-bond acceptors (Lipinski definition) is 7. The first-order valence-corrected chi connectivity index (χ1v) is 12.8. The molecular formula is C24H27F3N2O5S. The van der Waals surface area contributed by atoms with E-state index in [1.54, 1.807) is 0 Å². The van der Waals surface area contributed by atoms with Crippen molar-refractivity contribution < 1.29 is 31.6 Å². The zero-order valence-corrected chi connectivity index (χ0v) is 19.9. The van der Waals surface area contributed by atoms with Gasteiger partial charge >= 0.3 is 6.18 Å². The molecule has 4 heterocycles. The van der Waals surface area contributed by atoms with Crippen molar-refractivity contribution in [2.45, 2.75) is 43.9 Å².